The quantitative estimate of drug-likeness (QED) is 0.776. The molecule has 0 bridgehead atoms. The van der Waals surface area contributed by atoms with E-state index < -0.39 is 9.84 Å². The van der Waals surface area contributed by atoms with Gasteiger partial charge in [0.2, 0.25) is 4.77 Å². The first kappa shape index (κ1) is 17.3. The Bertz CT molecular complexity index is 914. The molecular formula is C16H22N4O2S2. The van der Waals surface area contributed by atoms with E-state index in [-0.39, 0.29) is 17.5 Å². The first-order valence-corrected chi connectivity index (χ1v) is 10.1. The maximum atomic E-state index is 11.7. The topological polar surface area (TPSA) is 60.1 Å². The Morgan fingerprint density at radius 3 is 2.67 bits per heavy atom. The van der Waals surface area contributed by atoms with Gasteiger partial charge in [0.1, 0.15) is 5.82 Å². The Kier molecular flexibility index (Phi) is 4.63. The van der Waals surface area contributed by atoms with Crippen LogP contribution in [0.15, 0.2) is 24.3 Å². The van der Waals surface area contributed by atoms with Crippen LogP contribution >= 0.6 is 12.2 Å². The van der Waals surface area contributed by atoms with Gasteiger partial charge in [0, 0.05) is 6.04 Å². The molecular weight excluding hydrogens is 344 g/mol. The highest BCUT2D eigenvalue weighted by molar-refractivity contribution is 7.91. The highest BCUT2D eigenvalue weighted by Gasteiger charge is 2.31. The largest absolute Gasteiger partial charge is 0.283 e. The molecule has 0 aliphatic carbocycles. The van der Waals surface area contributed by atoms with Gasteiger partial charge in [-0.1, -0.05) is 18.2 Å². The molecule has 0 radical (unpaired) electrons. The minimum Gasteiger partial charge on any atom is -0.283 e. The van der Waals surface area contributed by atoms with Crippen LogP contribution in [0.25, 0.3) is 5.69 Å². The molecule has 24 heavy (non-hydrogen) atoms. The monoisotopic (exact) mass is 366 g/mol. The molecule has 2 aromatic rings. The fraction of sp³-hybridized carbons (Fsp3) is 0.500. The summed E-state index contributed by atoms with van der Waals surface area (Å²) in [5.74, 6) is 1.31. The van der Waals surface area contributed by atoms with E-state index in [1.807, 2.05) is 54.6 Å². The van der Waals surface area contributed by atoms with Gasteiger partial charge in [0.15, 0.2) is 9.84 Å². The zero-order valence-corrected chi connectivity index (χ0v) is 15.8. The predicted octanol–water partition coefficient (Wildman–Crippen LogP) is 2.10. The van der Waals surface area contributed by atoms with Crippen LogP contribution in [0, 0.1) is 18.6 Å². The van der Waals surface area contributed by atoms with Gasteiger partial charge in [-0.15, -0.1) is 0 Å². The maximum Gasteiger partial charge on any atom is 0.203 e. The summed E-state index contributed by atoms with van der Waals surface area (Å²) in [5, 5.41) is 4.56. The first-order chi connectivity index (χ1) is 11.3. The lowest BCUT2D eigenvalue weighted by Gasteiger charge is -2.22. The van der Waals surface area contributed by atoms with Gasteiger partial charge in [0.25, 0.3) is 0 Å². The van der Waals surface area contributed by atoms with Crippen LogP contribution in [-0.2, 0) is 16.5 Å². The molecule has 1 saturated heterocycles. The summed E-state index contributed by atoms with van der Waals surface area (Å²) in [5.41, 5.74) is 2.16. The number of nitrogens with zero attached hydrogens (tertiary/aromatic N) is 4. The lowest BCUT2D eigenvalue weighted by molar-refractivity contribution is 0.196. The van der Waals surface area contributed by atoms with Crippen molar-refractivity contribution in [1.82, 2.24) is 19.2 Å². The zero-order chi connectivity index (χ0) is 17.5. The second-order valence-corrected chi connectivity index (χ2v) is 9.00. The fourth-order valence-corrected chi connectivity index (χ4v) is 5.28. The van der Waals surface area contributed by atoms with Crippen LogP contribution in [0.1, 0.15) is 17.8 Å². The molecule has 0 unspecified atom stereocenters. The van der Waals surface area contributed by atoms with Crippen molar-refractivity contribution in [3.8, 4) is 5.69 Å². The van der Waals surface area contributed by atoms with Crippen molar-refractivity contribution in [3.63, 3.8) is 0 Å². The van der Waals surface area contributed by atoms with Gasteiger partial charge < -0.3 is 0 Å². The van der Waals surface area contributed by atoms with Crippen LogP contribution in [0.4, 0.5) is 0 Å². The normalized spacial score (nSPS) is 19.9. The van der Waals surface area contributed by atoms with E-state index in [2.05, 4.69) is 5.10 Å². The van der Waals surface area contributed by atoms with Crippen molar-refractivity contribution in [2.45, 2.75) is 33.0 Å². The smallest absolute Gasteiger partial charge is 0.203 e. The Labute approximate surface area is 147 Å². The minimum atomic E-state index is -2.90. The van der Waals surface area contributed by atoms with Gasteiger partial charge >= 0.3 is 0 Å². The van der Waals surface area contributed by atoms with Crippen molar-refractivity contribution in [2.24, 2.45) is 0 Å². The molecule has 0 spiro atoms. The van der Waals surface area contributed by atoms with Gasteiger partial charge in [-0.3, -0.25) is 9.47 Å². The van der Waals surface area contributed by atoms with E-state index in [0.29, 0.717) is 17.9 Å². The Morgan fingerprint density at radius 2 is 2.04 bits per heavy atom. The van der Waals surface area contributed by atoms with E-state index in [1.165, 1.54) is 0 Å². The predicted molar refractivity (Wildman–Crippen MR) is 96.7 cm³/mol. The lowest BCUT2D eigenvalue weighted by atomic mass is 10.2. The summed E-state index contributed by atoms with van der Waals surface area (Å²) >= 11 is 5.61. The summed E-state index contributed by atoms with van der Waals surface area (Å²) in [6.07, 6.45) is 0.670. The third-order valence-corrected chi connectivity index (χ3v) is 6.69. The van der Waals surface area contributed by atoms with Crippen LogP contribution < -0.4 is 0 Å². The molecule has 1 aliphatic heterocycles. The van der Waals surface area contributed by atoms with Crippen LogP contribution in [0.5, 0.6) is 0 Å². The van der Waals surface area contributed by atoms with Crippen molar-refractivity contribution in [2.75, 3.05) is 18.6 Å². The van der Waals surface area contributed by atoms with Gasteiger partial charge in [0.05, 0.1) is 23.9 Å². The molecule has 6 nitrogen and oxygen atoms in total. The molecule has 8 heteroatoms. The van der Waals surface area contributed by atoms with E-state index in [4.69, 9.17) is 12.2 Å². The van der Waals surface area contributed by atoms with Crippen molar-refractivity contribution >= 4 is 22.1 Å². The number of aryl methyl sites for hydroxylation is 2. The standard InChI is InChI=1S/C16H22N4O2S2/c1-12-6-4-5-7-15(12)20-13(2)17-19(16(20)23)11-18(3)14-8-9-24(21,22)10-14/h4-7,14H,8-11H2,1-3H3/t14-/m1/s1. The summed E-state index contributed by atoms with van der Waals surface area (Å²) in [7, 11) is -0.971. The summed E-state index contributed by atoms with van der Waals surface area (Å²) in [6, 6.07) is 8.08. The Hall–Kier alpha value is -1.51. The molecule has 1 aromatic heterocycles. The molecule has 2 heterocycles. The number of hydrogen-bond acceptors (Lipinski definition) is 5. The second kappa shape index (κ2) is 6.42. The second-order valence-electron chi connectivity index (χ2n) is 6.41. The average Bonchev–Trinajstić information content (AvgIpc) is 3.00. The van der Waals surface area contributed by atoms with Gasteiger partial charge in [-0.2, -0.15) is 5.10 Å². The number of aromatic nitrogens is 3. The lowest BCUT2D eigenvalue weighted by Crippen LogP contribution is -2.34. The highest BCUT2D eigenvalue weighted by Crippen LogP contribution is 2.19. The summed E-state index contributed by atoms with van der Waals surface area (Å²) in [4.78, 5) is 2.02. The molecule has 0 N–H and O–H groups in total. The minimum absolute atomic E-state index is 0.0285. The highest BCUT2D eigenvalue weighted by atomic mass is 32.2. The van der Waals surface area contributed by atoms with E-state index >= 15 is 0 Å². The Balaban J connectivity index is 1.88. The number of sulfone groups is 1. The molecule has 0 amide bonds. The fourth-order valence-electron chi connectivity index (χ4n) is 3.15. The number of para-hydroxylation sites is 1. The zero-order valence-electron chi connectivity index (χ0n) is 14.1. The van der Waals surface area contributed by atoms with Crippen LogP contribution in [-0.4, -0.2) is 52.3 Å². The van der Waals surface area contributed by atoms with Crippen LogP contribution in [0.2, 0.25) is 0 Å². The molecule has 1 aliphatic rings. The van der Waals surface area contributed by atoms with E-state index in [0.717, 1.165) is 17.1 Å². The van der Waals surface area contributed by atoms with E-state index in [1.54, 1.807) is 4.68 Å². The first-order valence-electron chi connectivity index (χ1n) is 7.91. The van der Waals surface area contributed by atoms with Crippen molar-refractivity contribution < 1.29 is 8.42 Å². The van der Waals surface area contributed by atoms with Crippen LogP contribution in [0.3, 0.4) is 0 Å². The number of hydrogen-bond donors (Lipinski definition) is 0. The molecule has 1 aromatic carbocycles. The van der Waals surface area contributed by atoms with Crippen molar-refractivity contribution in [1.29, 1.82) is 0 Å². The Morgan fingerprint density at radius 1 is 1.33 bits per heavy atom. The molecule has 1 fully saturated rings. The molecule has 0 saturated carbocycles. The molecule has 1 atom stereocenters. The molecule has 130 valence electrons. The third kappa shape index (κ3) is 3.31. The molecule has 3 rings (SSSR count). The van der Waals surface area contributed by atoms with Gasteiger partial charge in [-0.25, -0.2) is 13.1 Å². The summed E-state index contributed by atoms with van der Waals surface area (Å²) in [6.45, 7) is 4.46. The number of rotatable bonds is 4. The van der Waals surface area contributed by atoms with E-state index in [9.17, 15) is 8.42 Å². The summed E-state index contributed by atoms with van der Waals surface area (Å²) < 4.78 is 27.7. The average molecular weight is 367 g/mol. The third-order valence-electron chi connectivity index (χ3n) is 4.55. The maximum absolute atomic E-state index is 11.7. The number of benzene rings is 1. The SMILES string of the molecule is Cc1ccccc1-n1c(C)nn(CN(C)[C@@H]2CCS(=O)(=O)C2)c1=S. The van der Waals surface area contributed by atoms with Gasteiger partial charge in [-0.05, 0) is 51.2 Å². The van der Waals surface area contributed by atoms with Crippen molar-refractivity contribution in [3.05, 3.63) is 40.4 Å².